The minimum atomic E-state index is 0.267. The number of anilines is 1. The Balaban J connectivity index is 1.92. The molecule has 3 rings (SSSR count). The molecule has 0 amide bonds. The first-order chi connectivity index (χ1) is 9.74. The molecule has 3 nitrogen and oxygen atoms in total. The zero-order valence-electron chi connectivity index (χ0n) is 11.4. The van der Waals surface area contributed by atoms with Gasteiger partial charge in [-0.05, 0) is 43.5 Å². The second-order valence-corrected chi connectivity index (χ2v) is 5.98. The third-order valence-electron chi connectivity index (χ3n) is 3.61. The van der Waals surface area contributed by atoms with Crippen LogP contribution in [-0.2, 0) is 0 Å². The molecule has 20 heavy (non-hydrogen) atoms. The van der Waals surface area contributed by atoms with Gasteiger partial charge in [-0.25, -0.2) is 0 Å². The molecule has 0 bridgehead atoms. The van der Waals surface area contributed by atoms with Crippen LogP contribution in [0.3, 0.4) is 0 Å². The Morgan fingerprint density at radius 2 is 2.25 bits per heavy atom. The monoisotopic (exact) mass is 332 g/mol. The number of rotatable bonds is 2. The van der Waals surface area contributed by atoms with Crippen molar-refractivity contribution >= 4 is 21.6 Å². The maximum Gasteiger partial charge on any atom is 0.125 e. The Morgan fingerprint density at radius 1 is 1.35 bits per heavy atom. The van der Waals surface area contributed by atoms with E-state index in [9.17, 15) is 0 Å². The summed E-state index contributed by atoms with van der Waals surface area (Å²) in [6, 6.07) is 8.54. The lowest BCUT2D eigenvalue weighted by atomic mass is 10.0. The first-order valence-electron chi connectivity index (χ1n) is 6.83. The fraction of sp³-hybridized carbons (Fsp3) is 0.312. The lowest BCUT2D eigenvalue weighted by Crippen LogP contribution is -2.11. The van der Waals surface area contributed by atoms with Gasteiger partial charge in [0.05, 0.1) is 24.5 Å². The Labute approximate surface area is 127 Å². The lowest BCUT2D eigenvalue weighted by molar-refractivity contribution is 0.316. The summed E-state index contributed by atoms with van der Waals surface area (Å²) < 4.78 is 6.89. The zero-order chi connectivity index (χ0) is 13.9. The number of hydrogen-bond donors (Lipinski definition) is 1. The largest absolute Gasteiger partial charge is 0.493 e. The molecule has 0 radical (unpaired) electrons. The second-order valence-electron chi connectivity index (χ2n) is 5.06. The molecule has 1 unspecified atom stereocenters. The highest BCUT2D eigenvalue weighted by Gasteiger charge is 2.20. The van der Waals surface area contributed by atoms with Crippen LogP contribution in [0.4, 0.5) is 5.69 Å². The molecule has 1 aromatic carbocycles. The fourth-order valence-corrected chi connectivity index (χ4v) is 2.84. The minimum Gasteiger partial charge on any atom is -0.493 e. The molecule has 0 fully saturated rings. The van der Waals surface area contributed by atoms with Gasteiger partial charge in [-0.1, -0.05) is 22.0 Å². The van der Waals surface area contributed by atoms with Crippen molar-refractivity contribution in [3.8, 4) is 5.75 Å². The van der Waals surface area contributed by atoms with E-state index >= 15 is 0 Å². The predicted octanol–water partition coefficient (Wildman–Crippen LogP) is 4.48. The normalized spacial score (nSPS) is 17.8. The van der Waals surface area contributed by atoms with Crippen molar-refractivity contribution in [2.75, 3.05) is 11.9 Å². The Hall–Kier alpha value is -1.55. The third kappa shape index (κ3) is 2.80. The van der Waals surface area contributed by atoms with E-state index < -0.39 is 0 Å². The van der Waals surface area contributed by atoms with Crippen molar-refractivity contribution in [3.63, 3.8) is 0 Å². The van der Waals surface area contributed by atoms with Gasteiger partial charge in [-0.3, -0.25) is 4.98 Å². The molecular formula is C16H17BrN2O. The summed E-state index contributed by atoms with van der Waals surface area (Å²) in [5.74, 6) is 0.968. The van der Waals surface area contributed by atoms with E-state index in [0.717, 1.165) is 35.4 Å². The van der Waals surface area contributed by atoms with Crippen LogP contribution in [0.5, 0.6) is 5.75 Å². The lowest BCUT2D eigenvalue weighted by Gasteiger charge is -2.20. The number of hydrogen-bond acceptors (Lipinski definition) is 3. The van der Waals surface area contributed by atoms with Crippen LogP contribution < -0.4 is 10.1 Å². The topological polar surface area (TPSA) is 34.2 Å². The van der Waals surface area contributed by atoms with Gasteiger partial charge >= 0.3 is 0 Å². The maximum absolute atomic E-state index is 5.84. The zero-order valence-corrected chi connectivity index (χ0v) is 13.0. The average molecular weight is 333 g/mol. The van der Waals surface area contributed by atoms with Crippen LogP contribution in [0, 0.1) is 6.92 Å². The number of benzene rings is 1. The quantitative estimate of drug-likeness (QED) is 0.880. The van der Waals surface area contributed by atoms with Crippen LogP contribution in [0.15, 0.2) is 41.1 Å². The number of aryl methyl sites for hydroxylation is 1. The summed E-state index contributed by atoms with van der Waals surface area (Å²) in [5.41, 5.74) is 3.52. The van der Waals surface area contributed by atoms with E-state index in [1.165, 1.54) is 11.1 Å². The highest BCUT2D eigenvalue weighted by molar-refractivity contribution is 9.10. The van der Waals surface area contributed by atoms with Crippen molar-refractivity contribution < 1.29 is 4.74 Å². The number of halogens is 1. The second kappa shape index (κ2) is 5.83. The van der Waals surface area contributed by atoms with Crippen LogP contribution in [0.25, 0.3) is 0 Å². The van der Waals surface area contributed by atoms with E-state index in [1.807, 2.05) is 24.5 Å². The molecule has 0 saturated heterocycles. The SMILES string of the molecule is Cc1ccncc1NC1CCCOc2cc(Br)ccc21. The molecule has 0 spiro atoms. The van der Waals surface area contributed by atoms with Crippen LogP contribution in [0.1, 0.15) is 30.0 Å². The molecule has 0 saturated carbocycles. The van der Waals surface area contributed by atoms with Gasteiger partial charge in [0.2, 0.25) is 0 Å². The number of pyridine rings is 1. The molecule has 1 aliphatic rings. The Bertz CT molecular complexity index is 615. The highest BCUT2D eigenvalue weighted by atomic mass is 79.9. The van der Waals surface area contributed by atoms with Gasteiger partial charge in [-0.2, -0.15) is 0 Å². The van der Waals surface area contributed by atoms with Gasteiger partial charge in [0.1, 0.15) is 5.75 Å². The van der Waals surface area contributed by atoms with Gasteiger partial charge in [0.25, 0.3) is 0 Å². The summed E-state index contributed by atoms with van der Waals surface area (Å²) in [4.78, 5) is 4.20. The van der Waals surface area contributed by atoms with E-state index in [0.29, 0.717) is 0 Å². The molecule has 104 valence electrons. The molecule has 1 aromatic heterocycles. The summed E-state index contributed by atoms with van der Waals surface area (Å²) in [6.45, 7) is 2.87. The molecule has 2 aromatic rings. The molecule has 1 N–H and O–H groups in total. The molecular weight excluding hydrogens is 316 g/mol. The van der Waals surface area contributed by atoms with Gasteiger partial charge < -0.3 is 10.1 Å². The maximum atomic E-state index is 5.84. The Morgan fingerprint density at radius 3 is 3.10 bits per heavy atom. The van der Waals surface area contributed by atoms with Crippen molar-refractivity contribution in [2.24, 2.45) is 0 Å². The minimum absolute atomic E-state index is 0.267. The number of aromatic nitrogens is 1. The molecule has 1 aliphatic heterocycles. The van der Waals surface area contributed by atoms with E-state index in [-0.39, 0.29) is 6.04 Å². The molecule has 4 heteroatoms. The Kier molecular flexibility index (Phi) is 3.92. The van der Waals surface area contributed by atoms with Gasteiger partial charge in [-0.15, -0.1) is 0 Å². The van der Waals surface area contributed by atoms with Gasteiger partial charge in [0, 0.05) is 16.2 Å². The molecule has 0 aliphatic carbocycles. The first kappa shape index (κ1) is 13.4. The van der Waals surface area contributed by atoms with Crippen molar-refractivity contribution in [2.45, 2.75) is 25.8 Å². The average Bonchev–Trinajstić information content (AvgIpc) is 2.63. The van der Waals surface area contributed by atoms with Crippen molar-refractivity contribution in [1.29, 1.82) is 0 Å². The molecule has 2 heterocycles. The van der Waals surface area contributed by atoms with Crippen LogP contribution in [0.2, 0.25) is 0 Å². The summed E-state index contributed by atoms with van der Waals surface area (Å²) >= 11 is 3.50. The van der Waals surface area contributed by atoms with E-state index in [2.05, 4.69) is 45.3 Å². The number of ether oxygens (including phenoxy) is 1. The summed E-state index contributed by atoms with van der Waals surface area (Å²) in [5, 5.41) is 3.61. The predicted molar refractivity (Wildman–Crippen MR) is 84.2 cm³/mol. The fourth-order valence-electron chi connectivity index (χ4n) is 2.50. The first-order valence-corrected chi connectivity index (χ1v) is 7.63. The van der Waals surface area contributed by atoms with Crippen LogP contribution >= 0.6 is 15.9 Å². The number of nitrogens with zero attached hydrogens (tertiary/aromatic N) is 1. The third-order valence-corrected chi connectivity index (χ3v) is 4.11. The smallest absolute Gasteiger partial charge is 0.125 e. The van der Waals surface area contributed by atoms with Crippen molar-refractivity contribution in [3.05, 3.63) is 52.3 Å². The summed E-state index contributed by atoms with van der Waals surface area (Å²) in [6.07, 6.45) is 5.81. The number of nitrogens with one attached hydrogen (secondary N) is 1. The highest BCUT2D eigenvalue weighted by Crippen LogP contribution is 2.36. The molecule has 1 atom stereocenters. The standard InChI is InChI=1S/C16H17BrN2O/c1-11-6-7-18-10-15(11)19-14-3-2-8-20-16-9-12(17)4-5-13(14)16/h4-7,9-10,14,19H,2-3,8H2,1H3. The summed E-state index contributed by atoms with van der Waals surface area (Å²) in [7, 11) is 0. The van der Waals surface area contributed by atoms with E-state index in [1.54, 1.807) is 0 Å². The van der Waals surface area contributed by atoms with E-state index in [4.69, 9.17) is 4.74 Å². The van der Waals surface area contributed by atoms with Crippen molar-refractivity contribution in [1.82, 2.24) is 4.98 Å². The van der Waals surface area contributed by atoms with Gasteiger partial charge in [0.15, 0.2) is 0 Å². The van der Waals surface area contributed by atoms with Crippen LogP contribution in [-0.4, -0.2) is 11.6 Å². The number of fused-ring (bicyclic) bond motifs is 1.